The Morgan fingerprint density at radius 2 is 2.12 bits per heavy atom. The van der Waals surface area contributed by atoms with E-state index in [1.807, 2.05) is 24.3 Å². The summed E-state index contributed by atoms with van der Waals surface area (Å²) >= 11 is 0. The van der Waals surface area contributed by atoms with E-state index in [1.165, 1.54) is 18.4 Å². The molecule has 0 fully saturated rings. The maximum atomic E-state index is 11.9. The van der Waals surface area contributed by atoms with Crippen LogP contribution in [0.25, 0.3) is 11.0 Å². The second kappa shape index (κ2) is 6.43. The van der Waals surface area contributed by atoms with Crippen molar-refractivity contribution < 1.29 is 18.4 Å². The number of carbonyl (C=O) groups excluding carboxylic acids is 1. The highest BCUT2D eigenvalue weighted by Gasteiger charge is 2.18. The molecule has 1 N–H and O–H groups in total. The number of benzene rings is 1. The molecule has 24 heavy (non-hydrogen) atoms. The topological polar surface area (TPSA) is 64.6 Å². The Labute approximate surface area is 139 Å². The van der Waals surface area contributed by atoms with E-state index in [1.54, 1.807) is 12.3 Å². The van der Waals surface area contributed by atoms with Gasteiger partial charge in [0.25, 0.3) is 5.91 Å². The lowest BCUT2D eigenvalue weighted by molar-refractivity contribution is -0.123. The molecule has 2 heterocycles. The molecule has 0 saturated heterocycles. The van der Waals surface area contributed by atoms with Gasteiger partial charge in [0, 0.05) is 17.4 Å². The molecule has 1 aliphatic rings. The van der Waals surface area contributed by atoms with Crippen molar-refractivity contribution >= 4 is 16.9 Å². The maximum absolute atomic E-state index is 11.9. The molecule has 0 saturated carbocycles. The molecule has 124 valence electrons. The Morgan fingerprint density at radius 3 is 3.00 bits per heavy atom. The van der Waals surface area contributed by atoms with E-state index >= 15 is 0 Å². The lowest BCUT2D eigenvalue weighted by Gasteiger charge is -2.09. The van der Waals surface area contributed by atoms with Crippen LogP contribution >= 0.6 is 0 Å². The minimum atomic E-state index is -0.180. The van der Waals surface area contributed by atoms with E-state index in [0.29, 0.717) is 12.3 Å². The largest absolute Gasteiger partial charge is 0.484 e. The van der Waals surface area contributed by atoms with Crippen molar-refractivity contribution in [1.82, 2.24) is 5.32 Å². The zero-order valence-electron chi connectivity index (χ0n) is 13.3. The third-order valence-corrected chi connectivity index (χ3v) is 4.34. The lowest BCUT2D eigenvalue weighted by atomic mass is 9.96. The standard InChI is InChI=1S/C19H19NO4/c21-19(20-11-14-4-3-9-22-14)12-23-13-7-8-18-16(10-13)15-5-1-2-6-17(15)24-18/h3-4,7-10H,1-2,5-6,11-12H2,(H,20,21). The quantitative estimate of drug-likeness (QED) is 0.778. The molecule has 0 unspecified atom stereocenters. The van der Waals surface area contributed by atoms with E-state index in [9.17, 15) is 4.79 Å². The molecule has 0 spiro atoms. The number of nitrogens with one attached hydrogen (secondary N) is 1. The third kappa shape index (κ3) is 3.02. The van der Waals surface area contributed by atoms with Crippen LogP contribution in [-0.2, 0) is 24.2 Å². The highest BCUT2D eigenvalue weighted by Crippen LogP contribution is 2.33. The first-order valence-electron chi connectivity index (χ1n) is 8.26. The molecule has 0 atom stereocenters. The molecule has 2 aromatic heterocycles. The number of aryl methyl sites for hydroxylation is 2. The molecular formula is C19H19NO4. The summed E-state index contributed by atoms with van der Waals surface area (Å²) in [6.45, 7) is 0.343. The fourth-order valence-electron chi connectivity index (χ4n) is 3.13. The van der Waals surface area contributed by atoms with Crippen molar-refractivity contribution in [3.05, 3.63) is 53.7 Å². The van der Waals surface area contributed by atoms with Gasteiger partial charge in [-0.25, -0.2) is 0 Å². The lowest BCUT2D eigenvalue weighted by Crippen LogP contribution is -2.28. The van der Waals surface area contributed by atoms with Crippen LogP contribution in [0.4, 0.5) is 0 Å². The summed E-state index contributed by atoms with van der Waals surface area (Å²) in [5.74, 6) is 2.32. The van der Waals surface area contributed by atoms with Crippen molar-refractivity contribution in [3.8, 4) is 5.75 Å². The van der Waals surface area contributed by atoms with Crippen molar-refractivity contribution in [2.45, 2.75) is 32.2 Å². The molecule has 4 rings (SSSR count). The van der Waals surface area contributed by atoms with Crippen molar-refractivity contribution in [2.75, 3.05) is 6.61 Å². The van der Waals surface area contributed by atoms with Crippen LogP contribution in [-0.4, -0.2) is 12.5 Å². The number of fused-ring (bicyclic) bond motifs is 3. The summed E-state index contributed by atoms with van der Waals surface area (Å²) in [5, 5.41) is 3.87. The Balaban J connectivity index is 1.40. The number of hydrogen-bond donors (Lipinski definition) is 1. The summed E-state index contributed by atoms with van der Waals surface area (Å²) < 4.78 is 16.7. The zero-order chi connectivity index (χ0) is 16.4. The molecule has 1 aliphatic carbocycles. The first-order chi connectivity index (χ1) is 11.8. The van der Waals surface area contributed by atoms with E-state index in [4.69, 9.17) is 13.6 Å². The van der Waals surface area contributed by atoms with Gasteiger partial charge >= 0.3 is 0 Å². The minimum absolute atomic E-state index is 0.0216. The van der Waals surface area contributed by atoms with Crippen molar-refractivity contribution in [1.29, 1.82) is 0 Å². The molecule has 1 aromatic carbocycles. The van der Waals surface area contributed by atoms with Crippen LogP contribution in [0.2, 0.25) is 0 Å². The van der Waals surface area contributed by atoms with Gasteiger partial charge in [-0.2, -0.15) is 0 Å². The number of rotatable bonds is 5. The van der Waals surface area contributed by atoms with Crippen molar-refractivity contribution in [2.24, 2.45) is 0 Å². The van der Waals surface area contributed by atoms with Gasteiger partial charge in [0.05, 0.1) is 12.8 Å². The van der Waals surface area contributed by atoms with E-state index in [2.05, 4.69) is 5.32 Å². The van der Waals surface area contributed by atoms with Crippen LogP contribution in [0.3, 0.4) is 0 Å². The number of amides is 1. The first-order valence-corrected chi connectivity index (χ1v) is 8.26. The van der Waals surface area contributed by atoms with Gasteiger partial charge < -0.3 is 18.9 Å². The highest BCUT2D eigenvalue weighted by atomic mass is 16.5. The summed E-state index contributed by atoms with van der Waals surface area (Å²) in [7, 11) is 0. The Kier molecular flexibility index (Phi) is 3.99. The smallest absolute Gasteiger partial charge is 0.258 e. The monoisotopic (exact) mass is 325 g/mol. The Bertz CT molecular complexity index is 848. The number of ether oxygens (including phenoxy) is 1. The van der Waals surface area contributed by atoms with Crippen LogP contribution in [0.5, 0.6) is 5.75 Å². The average Bonchev–Trinajstić information content (AvgIpc) is 3.25. The Morgan fingerprint density at radius 1 is 1.21 bits per heavy atom. The van der Waals surface area contributed by atoms with Crippen molar-refractivity contribution in [3.63, 3.8) is 0 Å². The minimum Gasteiger partial charge on any atom is -0.484 e. The number of furan rings is 2. The number of carbonyl (C=O) groups is 1. The van der Waals surface area contributed by atoms with Crippen LogP contribution < -0.4 is 10.1 Å². The van der Waals surface area contributed by atoms with E-state index < -0.39 is 0 Å². The van der Waals surface area contributed by atoms with Gasteiger partial charge in [-0.3, -0.25) is 4.79 Å². The fourth-order valence-corrected chi connectivity index (χ4v) is 3.13. The van der Waals surface area contributed by atoms with Gasteiger partial charge in [0.15, 0.2) is 6.61 Å². The molecule has 5 nitrogen and oxygen atoms in total. The molecule has 0 bridgehead atoms. The average molecular weight is 325 g/mol. The van der Waals surface area contributed by atoms with Gasteiger partial charge in [-0.05, 0) is 49.6 Å². The van der Waals surface area contributed by atoms with Gasteiger partial charge in [-0.1, -0.05) is 0 Å². The maximum Gasteiger partial charge on any atom is 0.258 e. The predicted octanol–water partition coefficient (Wildman–Crippen LogP) is 3.60. The SMILES string of the molecule is O=C(COc1ccc2oc3c(c2c1)CCCC3)NCc1ccco1. The summed E-state index contributed by atoms with van der Waals surface area (Å²) in [6, 6.07) is 9.35. The fraction of sp³-hybridized carbons (Fsp3) is 0.316. The summed E-state index contributed by atoms with van der Waals surface area (Å²) in [4.78, 5) is 11.9. The first kappa shape index (κ1) is 14.9. The molecule has 1 amide bonds. The van der Waals surface area contributed by atoms with Crippen LogP contribution in [0, 0.1) is 0 Å². The van der Waals surface area contributed by atoms with Gasteiger partial charge in [0.2, 0.25) is 0 Å². The van der Waals surface area contributed by atoms with Crippen LogP contribution in [0.15, 0.2) is 45.4 Å². The molecule has 0 radical (unpaired) electrons. The third-order valence-electron chi connectivity index (χ3n) is 4.34. The molecule has 5 heteroatoms. The Hall–Kier alpha value is -2.69. The second-order valence-corrected chi connectivity index (χ2v) is 6.01. The highest BCUT2D eigenvalue weighted by molar-refractivity contribution is 5.84. The second-order valence-electron chi connectivity index (χ2n) is 6.01. The predicted molar refractivity (Wildman–Crippen MR) is 88.9 cm³/mol. The van der Waals surface area contributed by atoms with E-state index in [0.717, 1.165) is 35.3 Å². The molecular weight excluding hydrogens is 306 g/mol. The van der Waals surface area contributed by atoms with Gasteiger partial charge in [-0.15, -0.1) is 0 Å². The van der Waals surface area contributed by atoms with E-state index in [-0.39, 0.29) is 12.5 Å². The van der Waals surface area contributed by atoms with Gasteiger partial charge in [0.1, 0.15) is 22.9 Å². The normalized spacial score (nSPS) is 13.7. The van der Waals surface area contributed by atoms with Crippen LogP contribution in [0.1, 0.15) is 29.9 Å². The molecule has 0 aliphatic heterocycles. The zero-order valence-corrected chi connectivity index (χ0v) is 13.3. The summed E-state index contributed by atoms with van der Waals surface area (Å²) in [5.41, 5.74) is 2.19. The number of hydrogen-bond acceptors (Lipinski definition) is 4. The summed E-state index contributed by atoms with van der Waals surface area (Å²) in [6.07, 6.45) is 6.03. The molecule has 3 aromatic rings.